The Morgan fingerprint density at radius 1 is 1.30 bits per heavy atom. The summed E-state index contributed by atoms with van der Waals surface area (Å²) < 4.78 is 1.82. The molecule has 1 atom stereocenters. The normalized spacial score (nSPS) is 20.8. The fraction of sp³-hybridized carbons (Fsp3) is 0.375. The van der Waals surface area contributed by atoms with E-state index in [0.29, 0.717) is 12.0 Å². The summed E-state index contributed by atoms with van der Waals surface area (Å²) in [6.45, 7) is 5.93. The van der Waals surface area contributed by atoms with Gasteiger partial charge in [0.25, 0.3) is 0 Å². The number of halogens is 1. The Hall–Kier alpha value is -1.61. The quantitative estimate of drug-likeness (QED) is 0.741. The molecule has 1 aromatic heterocycles. The molecule has 0 saturated heterocycles. The first-order valence-corrected chi connectivity index (χ1v) is 7.17. The first kappa shape index (κ1) is 13.4. The van der Waals surface area contributed by atoms with Gasteiger partial charge < -0.3 is 0 Å². The minimum absolute atomic E-state index is 0.140. The molecule has 0 unspecified atom stereocenters. The molecule has 2 aromatic rings. The highest BCUT2D eigenvalue weighted by Gasteiger charge is 2.43. The monoisotopic (exact) mass is 288 g/mol. The van der Waals surface area contributed by atoms with E-state index >= 15 is 0 Å². The summed E-state index contributed by atoms with van der Waals surface area (Å²) >= 11 is 6.66. The van der Waals surface area contributed by atoms with E-state index in [1.54, 1.807) is 0 Å². The van der Waals surface area contributed by atoms with E-state index < -0.39 is 0 Å². The number of carbonyl (C=O) groups is 1. The first-order valence-electron chi connectivity index (χ1n) is 6.74. The lowest BCUT2D eigenvalue weighted by Gasteiger charge is -2.34. The van der Waals surface area contributed by atoms with Gasteiger partial charge in [-0.2, -0.15) is 5.10 Å². The highest BCUT2D eigenvalue weighted by molar-refractivity contribution is 6.23. The second kappa shape index (κ2) is 4.45. The lowest BCUT2D eigenvalue weighted by molar-refractivity contribution is 0.0905. The molecule has 0 amide bonds. The molecule has 0 spiro atoms. The minimum Gasteiger partial charge on any atom is -0.294 e. The number of alkyl halides is 1. The van der Waals surface area contributed by atoms with Crippen molar-refractivity contribution < 1.29 is 4.79 Å². The molecule has 0 bridgehead atoms. The maximum absolute atomic E-state index is 12.4. The van der Waals surface area contributed by atoms with Gasteiger partial charge in [0.1, 0.15) is 0 Å². The topological polar surface area (TPSA) is 34.9 Å². The van der Waals surface area contributed by atoms with Crippen molar-refractivity contribution in [2.24, 2.45) is 5.41 Å². The predicted octanol–water partition coefficient (Wildman–Crippen LogP) is 4.07. The zero-order valence-electron chi connectivity index (χ0n) is 11.9. The van der Waals surface area contributed by atoms with Gasteiger partial charge in [-0.1, -0.05) is 32.0 Å². The molecule has 0 aliphatic heterocycles. The number of aromatic nitrogens is 2. The van der Waals surface area contributed by atoms with E-state index in [2.05, 4.69) is 5.10 Å². The Kier molecular flexibility index (Phi) is 2.98. The highest BCUT2D eigenvalue weighted by atomic mass is 35.5. The van der Waals surface area contributed by atoms with E-state index in [1.807, 2.05) is 55.8 Å². The summed E-state index contributed by atoms with van der Waals surface area (Å²) in [6.07, 6.45) is 0.468. The number of nitrogens with zero attached hydrogens (tertiary/aromatic N) is 2. The molecule has 1 heterocycles. The number of hydrogen-bond acceptors (Lipinski definition) is 2. The van der Waals surface area contributed by atoms with Crippen LogP contribution in [0, 0.1) is 12.3 Å². The Balaban J connectivity index is 2.26. The summed E-state index contributed by atoms with van der Waals surface area (Å²) in [5, 5.41) is 4.31. The molecular formula is C16H17ClN2O. The highest BCUT2D eigenvalue weighted by Crippen LogP contribution is 2.48. The zero-order valence-corrected chi connectivity index (χ0v) is 12.6. The number of hydrogen-bond donors (Lipinski definition) is 0. The third-order valence-electron chi connectivity index (χ3n) is 3.92. The Morgan fingerprint density at radius 3 is 2.60 bits per heavy atom. The van der Waals surface area contributed by atoms with Gasteiger partial charge in [-0.15, -0.1) is 11.6 Å². The summed E-state index contributed by atoms with van der Waals surface area (Å²) in [6, 6.07) is 9.82. The second-order valence-electron chi connectivity index (χ2n) is 6.04. The van der Waals surface area contributed by atoms with Crippen LogP contribution in [0.2, 0.25) is 0 Å². The Bertz CT molecular complexity index is 673. The van der Waals surface area contributed by atoms with Gasteiger partial charge in [0.2, 0.25) is 0 Å². The average Bonchev–Trinajstić information content (AvgIpc) is 2.75. The largest absolute Gasteiger partial charge is 0.294 e. The predicted molar refractivity (Wildman–Crippen MR) is 79.6 cm³/mol. The van der Waals surface area contributed by atoms with Crippen molar-refractivity contribution in [3.63, 3.8) is 0 Å². The van der Waals surface area contributed by atoms with Gasteiger partial charge in [0.15, 0.2) is 5.78 Å². The van der Waals surface area contributed by atoms with E-state index in [1.165, 1.54) is 0 Å². The van der Waals surface area contributed by atoms with Crippen LogP contribution in [0.1, 0.15) is 47.4 Å². The van der Waals surface area contributed by atoms with Gasteiger partial charge >= 0.3 is 0 Å². The van der Waals surface area contributed by atoms with Crippen molar-refractivity contribution >= 4 is 17.4 Å². The molecule has 0 N–H and O–H groups in total. The lowest BCUT2D eigenvalue weighted by Crippen LogP contribution is -2.30. The van der Waals surface area contributed by atoms with Gasteiger partial charge in [-0.25, -0.2) is 4.68 Å². The summed E-state index contributed by atoms with van der Waals surface area (Å²) in [4.78, 5) is 12.4. The van der Waals surface area contributed by atoms with Gasteiger partial charge in [-0.05, 0) is 24.5 Å². The average molecular weight is 289 g/mol. The van der Waals surface area contributed by atoms with Crippen molar-refractivity contribution in [2.45, 2.75) is 32.6 Å². The SMILES string of the molecule is Cc1nn(-c2ccccc2)c2c1C(=O)CC(C)(C)[C@H]2Cl. The van der Waals surface area contributed by atoms with Crippen LogP contribution in [-0.2, 0) is 0 Å². The summed E-state index contributed by atoms with van der Waals surface area (Å²) in [5.74, 6) is 0.140. The molecule has 1 aliphatic rings. The standard InChI is InChI=1S/C16H17ClN2O/c1-10-13-12(20)9-16(2,3)15(17)14(13)19(18-10)11-7-5-4-6-8-11/h4-8,15H,9H2,1-3H3/t15-/m0/s1. The number of Topliss-reactive ketones (excluding diaryl/α,β-unsaturated/α-hetero) is 1. The number of aryl methyl sites for hydroxylation is 1. The number of para-hydroxylation sites is 1. The van der Waals surface area contributed by atoms with E-state index in [9.17, 15) is 4.79 Å². The van der Waals surface area contributed by atoms with Gasteiger partial charge in [0.05, 0.1) is 28.0 Å². The van der Waals surface area contributed by atoms with Crippen LogP contribution in [0.15, 0.2) is 30.3 Å². The number of rotatable bonds is 1. The van der Waals surface area contributed by atoms with Crippen LogP contribution in [-0.4, -0.2) is 15.6 Å². The maximum atomic E-state index is 12.4. The lowest BCUT2D eigenvalue weighted by atomic mass is 9.75. The fourth-order valence-corrected chi connectivity index (χ4v) is 3.13. The molecule has 0 saturated carbocycles. The number of benzene rings is 1. The van der Waals surface area contributed by atoms with Crippen molar-refractivity contribution in [1.29, 1.82) is 0 Å². The molecule has 4 heteroatoms. The van der Waals surface area contributed by atoms with E-state index in [-0.39, 0.29) is 16.6 Å². The molecule has 3 rings (SSSR count). The molecule has 1 aliphatic carbocycles. The first-order chi connectivity index (χ1) is 9.42. The van der Waals surface area contributed by atoms with Crippen LogP contribution in [0.5, 0.6) is 0 Å². The molecule has 0 radical (unpaired) electrons. The van der Waals surface area contributed by atoms with Gasteiger partial charge in [0, 0.05) is 6.42 Å². The Labute approximate surface area is 123 Å². The van der Waals surface area contributed by atoms with Crippen molar-refractivity contribution in [2.75, 3.05) is 0 Å². The minimum atomic E-state index is -0.259. The third kappa shape index (κ3) is 1.88. The zero-order chi connectivity index (χ0) is 14.5. The molecule has 20 heavy (non-hydrogen) atoms. The molecular weight excluding hydrogens is 272 g/mol. The molecule has 0 fully saturated rings. The Morgan fingerprint density at radius 2 is 1.95 bits per heavy atom. The van der Waals surface area contributed by atoms with E-state index in [4.69, 9.17) is 11.6 Å². The fourth-order valence-electron chi connectivity index (χ4n) is 2.85. The summed E-state index contributed by atoms with van der Waals surface area (Å²) in [7, 11) is 0. The summed E-state index contributed by atoms with van der Waals surface area (Å²) in [5.41, 5.74) is 2.97. The van der Waals surface area contributed by atoms with Crippen molar-refractivity contribution in [1.82, 2.24) is 9.78 Å². The molecule has 1 aromatic carbocycles. The van der Waals surface area contributed by atoms with Crippen molar-refractivity contribution in [3.05, 3.63) is 47.3 Å². The third-order valence-corrected chi connectivity index (χ3v) is 4.72. The van der Waals surface area contributed by atoms with Crippen LogP contribution < -0.4 is 0 Å². The van der Waals surface area contributed by atoms with Crippen LogP contribution in [0.3, 0.4) is 0 Å². The smallest absolute Gasteiger partial charge is 0.167 e. The van der Waals surface area contributed by atoms with Crippen LogP contribution >= 0.6 is 11.6 Å². The van der Waals surface area contributed by atoms with Crippen LogP contribution in [0.4, 0.5) is 0 Å². The number of carbonyl (C=O) groups excluding carboxylic acids is 1. The number of fused-ring (bicyclic) bond motifs is 1. The van der Waals surface area contributed by atoms with Crippen molar-refractivity contribution in [3.8, 4) is 5.69 Å². The van der Waals surface area contributed by atoms with E-state index in [0.717, 1.165) is 17.1 Å². The molecule has 104 valence electrons. The van der Waals surface area contributed by atoms with Crippen LogP contribution in [0.25, 0.3) is 5.69 Å². The maximum Gasteiger partial charge on any atom is 0.167 e. The van der Waals surface area contributed by atoms with Gasteiger partial charge in [-0.3, -0.25) is 4.79 Å². The molecule has 3 nitrogen and oxygen atoms in total. The number of ketones is 1. The second-order valence-corrected chi connectivity index (χ2v) is 6.48.